The third kappa shape index (κ3) is 4.73. The quantitative estimate of drug-likeness (QED) is 0.807. The first kappa shape index (κ1) is 13.1. The lowest BCUT2D eigenvalue weighted by molar-refractivity contribution is 0.0705. The van der Waals surface area contributed by atoms with Gasteiger partial charge in [-0.2, -0.15) is 0 Å². The highest BCUT2D eigenvalue weighted by molar-refractivity contribution is 5.19. The topological polar surface area (TPSA) is 32.3 Å². The summed E-state index contributed by atoms with van der Waals surface area (Å²) in [5.74, 6) is -0.215. The van der Waals surface area contributed by atoms with Gasteiger partial charge < -0.3 is 10.4 Å². The largest absolute Gasteiger partial charge is 0.390 e. The van der Waals surface area contributed by atoms with Crippen LogP contribution in [-0.2, 0) is 0 Å². The van der Waals surface area contributed by atoms with Gasteiger partial charge in [0.15, 0.2) is 0 Å². The van der Waals surface area contributed by atoms with E-state index in [1.54, 1.807) is 26.0 Å². The van der Waals surface area contributed by atoms with Crippen LogP contribution in [0.4, 0.5) is 4.39 Å². The lowest BCUT2D eigenvalue weighted by Crippen LogP contribution is -2.28. The molecule has 2 nitrogen and oxygen atoms in total. The summed E-state index contributed by atoms with van der Waals surface area (Å²) < 4.78 is 12.7. The van der Waals surface area contributed by atoms with E-state index in [1.165, 1.54) is 12.1 Å². The summed E-state index contributed by atoms with van der Waals surface area (Å²) in [6.07, 6.45) is 0.693. The molecule has 0 fully saturated rings. The molecule has 1 aromatic rings. The van der Waals surface area contributed by atoms with Crippen LogP contribution in [-0.4, -0.2) is 17.3 Å². The molecule has 1 aromatic carbocycles. The highest BCUT2D eigenvalue weighted by Gasteiger charge is 2.12. The Kier molecular flexibility index (Phi) is 4.44. The molecule has 0 aliphatic rings. The maximum Gasteiger partial charge on any atom is 0.123 e. The van der Waals surface area contributed by atoms with Crippen LogP contribution in [0.1, 0.15) is 38.8 Å². The van der Waals surface area contributed by atoms with Crippen LogP contribution in [0.3, 0.4) is 0 Å². The molecule has 2 N–H and O–H groups in total. The monoisotopic (exact) mass is 225 g/mol. The molecule has 0 saturated carbocycles. The summed E-state index contributed by atoms with van der Waals surface area (Å²) in [4.78, 5) is 0. The van der Waals surface area contributed by atoms with Crippen molar-refractivity contribution in [3.8, 4) is 0 Å². The first-order chi connectivity index (χ1) is 7.38. The first-order valence-electron chi connectivity index (χ1n) is 5.60. The maximum absolute atomic E-state index is 12.7. The highest BCUT2D eigenvalue weighted by atomic mass is 19.1. The van der Waals surface area contributed by atoms with Gasteiger partial charge in [0.1, 0.15) is 5.82 Å². The fraction of sp³-hybridized carbons (Fsp3) is 0.538. The maximum atomic E-state index is 12.7. The van der Waals surface area contributed by atoms with E-state index < -0.39 is 5.60 Å². The van der Waals surface area contributed by atoms with E-state index in [4.69, 9.17) is 0 Å². The smallest absolute Gasteiger partial charge is 0.123 e. The molecule has 1 unspecified atom stereocenters. The standard InChI is InChI=1S/C13H20FNO/c1-10(15-9-8-13(2,3)16)11-4-6-12(14)7-5-11/h4-7,10,15-16H,8-9H2,1-3H3. The van der Waals surface area contributed by atoms with Crippen molar-refractivity contribution in [1.82, 2.24) is 5.32 Å². The van der Waals surface area contributed by atoms with Crippen molar-refractivity contribution in [3.05, 3.63) is 35.6 Å². The Labute approximate surface area is 96.5 Å². The summed E-state index contributed by atoms with van der Waals surface area (Å²) >= 11 is 0. The lowest BCUT2D eigenvalue weighted by atomic mass is 10.0. The predicted octanol–water partition coefficient (Wildman–Crippen LogP) is 2.64. The Morgan fingerprint density at radius 1 is 1.31 bits per heavy atom. The lowest BCUT2D eigenvalue weighted by Gasteiger charge is -2.20. The fourth-order valence-electron chi connectivity index (χ4n) is 1.46. The van der Waals surface area contributed by atoms with Crippen LogP contribution in [0.5, 0.6) is 0 Å². The molecule has 0 spiro atoms. The summed E-state index contributed by atoms with van der Waals surface area (Å²) in [6.45, 7) is 6.34. The molecule has 0 heterocycles. The van der Waals surface area contributed by atoms with Crippen LogP contribution >= 0.6 is 0 Å². The average Bonchev–Trinajstić information content (AvgIpc) is 2.16. The van der Waals surface area contributed by atoms with Gasteiger partial charge in [0.25, 0.3) is 0 Å². The second kappa shape index (κ2) is 5.41. The summed E-state index contributed by atoms with van der Waals surface area (Å²) in [7, 11) is 0. The van der Waals surface area contributed by atoms with E-state index in [-0.39, 0.29) is 11.9 Å². The van der Waals surface area contributed by atoms with Gasteiger partial charge in [-0.15, -0.1) is 0 Å². The van der Waals surface area contributed by atoms with Crippen LogP contribution in [0.2, 0.25) is 0 Å². The minimum Gasteiger partial charge on any atom is -0.390 e. The summed E-state index contributed by atoms with van der Waals surface area (Å²) in [5, 5.41) is 12.8. The number of nitrogens with one attached hydrogen (secondary N) is 1. The van der Waals surface area contributed by atoms with Gasteiger partial charge in [0, 0.05) is 6.04 Å². The molecule has 0 radical (unpaired) electrons. The zero-order valence-corrected chi connectivity index (χ0v) is 10.1. The van der Waals surface area contributed by atoms with Crippen LogP contribution in [0.15, 0.2) is 24.3 Å². The number of aliphatic hydroxyl groups is 1. The first-order valence-corrected chi connectivity index (χ1v) is 5.60. The number of halogens is 1. The van der Waals surface area contributed by atoms with Crippen molar-refractivity contribution in [2.45, 2.75) is 38.8 Å². The predicted molar refractivity (Wildman–Crippen MR) is 63.7 cm³/mol. The zero-order chi connectivity index (χ0) is 12.2. The average molecular weight is 225 g/mol. The minimum atomic E-state index is -0.643. The van der Waals surface area contributed by atoms with Crippen molar-refractivity contribution in [3.63, 3.8) is 0 Å². The third-order valence-corrected chi connectivity index (χ3v) is 2.56. The van der Waals surface area contributed by atoms with Crippen LogP contribution < -0.4 is 5.32 Å². The van der Waals surface area contributed by atoms with Gasteiger partial charge in [-0.3, -0.25) is 0 Å². The molecule has 1 atom stereocenters. The van der Waals surface area contributed by atoms with Crippen molar-refractivity contribution >= 4 is 0 Å². The van der Waals surface area contributed by atoms with E-state index >= 15 is 0 Å². The fourth-order valence-corrected chi connectivity index (χ4v) is 1.46. The van der Waals surface area contributed by atoms with Crippen molar-refractivity contribution in [2.24, 2.45) is 0 Å². The van der Waals surface area contributed by atoms with E-state index in [2.05, 4.69) is 5.32 Å². The number of rotatable bonds is 5. The van der Waals surface area contributed by atoms with Gasteiger partial charge >= 0.3 is 0 Å². The Balaban J connectivity index is 2.41. The molecular weight excluding hydrogens is 205 g/mol. The Morgan fingerprint density at radius 2 is 1.88 bits per heavy atom. The minimum absolute atomic E-state index is 0.169. The zero-order valence-electron chi connectivity index (χ0n) is 10.1. The van der Waals surface area contributed by atoms with E-state index in [0.717, 1.165) is 12.1 Å². The van der Waals surface area contributed by atoms with Gasteiger partial charge in [0.2, 0.25) is 0 Å². The highest BCUT2D eigenvalue weighted by Crippen LogP contribution is 2.13. The Bertz CT molecular complexity index is 316. The molecule has 0 saturated heterocycles. The second-order valence-corrected chi connectivity index (χ2v) is 4.79. The van der Waals surface area contributed by atoms with Gasteiger partial charge in [0.05, 0.1) is 5.60 Å². The number of benzene rings is 1. The van der Waals surface area contributed by atoms with Crippen molar-refractivity contribution < 1.29 is 9.50 Å². The van der Waals surface area contributed by atoms with Crippen LogP contribution in [0.25, 0.3) is 0 Å². The molecule has 0 aromatic heterocycles. The normalized spacial score (nSPS) is 13.8. The molecular formula is C13H20FNO. The molecule has 16 heavy (non-hydrogen) atoms. The van der Waals surface area contributed by atoms with Gasteiger partial charge in [-0.05, 0) is 51.4 Å². The molecule has 0 amide bonds. The van der Waals surface area contributed by atoms with E-state index in [9.17, 15) is 9.50 Å². The molecule has 90 valence electrons. The number of hydrogen-bond donors (Lipinski definition) is 2. The van der Waals surface area contributed by atoms with Crippen molar-refractivity contribution in [1.29, 1.82) is 0 Å². The molecule has 3 heteroatoms. The van der Waals surface area contributed by atoms with Crippen molar-refractivity contribution in [2.75, 3.05) is 6.54 Å². The Hall–Kier alpha value is -0.930. The Morgan fingerprint density at radius 3 is 2.38 bits per heavy atom. The summed E-state index contributed by atoms with van der Waals surface area (Å²) in [6, 6.07) is 6.64. The van der Waals surface area contributed by atoms with E-state index in [0.29, 0.717) is 6.42 Å². The second-order valence-electron chi connectivity index (χ2n) is 4.79. The third-order valence-electron chi connectivity index (χ3n) is 2.56. The summed E-state index contributed by atoms with van der Waals surface area (Å²) in [5.41, 5.74) is 0.410. The number of hydrogen-bond acceptors (Lipinski definition) is 2. The molecule has 1 rings (SSSR count). The molecule has 0 aliphatic heterocycles. The van der Waals surface area contributed by atoms with Gasteiger partial charge in [-0.25, -0.2) is 4.39 Å². The van der Waals surface area contributed by atoms with E-state index in [1.807, 2.05) is 6.92 Å². The molecule has 0 aliphatic carbocycles. The molecule has 0 bridgehead atoms. The van der Waals surface area contributed by atoms with Gasteiger partial charge in [-0.1, -0.05) is 12.1 Å². The SMILES string of the molecule is CC(NCCC(C)(C)O)c1ccc(F)cc1. The van der Waals surface area contributed by atoms with Crippen LogP contribution in [0, 0.1) is 5.82 Å².